The molecule has 0 spiro atoms. The number of amides is 2. The quantitative estimate of drug-likeness (QED) is 0.813. The zero-order valence-electron chi connectivity index (χ0n) is 11.7. The van der Waals surface area contributed by atoms with Gasteiger partial charge in [0.2, 0.25) is 0 Å². The number of nitrogens with zero attached hydrogens (tertiary/aromatic N) is 1. The van der Waals surface area contributed by atoms with Crippen LogP contribution < -0.4 is 5.32 Å². The van der Waals surface area contributed by atoms with Gasteiger partial charge in [-0.25, -0.2) is 9.59 Å². The fraction of sp³-hybridized carbons (Fsp3) is 0.846. The van der Waals surface area contributed by atoms with E-state index >= 15 is 0 Å². The van der Waals surface area contributed by atoms with E-state index in [-0.39, 0.29) is 12.1 Å². The topological polar surface area (TPSA) is 69.6 Å². The maximum atomic E-state index is 12.2. The molecule has 6 heteroatoms. The zero-order chi connectivity index (χ0) is 14.3. The third-order valence-electron chi connectivity index (χ3n) is 3.42. The maximum absolute atomic E-state index is 12.2. The first-order valence-electron chi connectivity index (χ1n) is 6.85. The minimum atomic E-state index is -0.895. The van der Waals surface area contributed by atoms with Gasteiger partial charge in [-0.15, -0.1) is 0 Å². The van der Waals surface area contributed by atoms with E-state index in [0.717, 1.165) is 31.4 Å². The standard InChI is InChI=1S/C13H24N2O3S/c1-10(7-9-19-2)14-13(18)15-8-5-3-4-6-11(15)12(16)17/h10-11H,3-9H2,1-2H3,(H,14,18)(H,16,17). The highest BCUT2D eigenvalue weighted by molar-refractivity contribution is 7.98. The van der Waals surface area contributed by atoms with Crippen LogP contribution in [0.3, 0.4) is 0 Å². The molecule has 0 bridgehead atoms. The van der Waals surface area contributed by atoms with Gasteiger partial charge in [0.15, 0.2) is 0 Å². The molecule has 110 valence electrons. The molecule has 1 aliphatic rings. The highest BCUT2D eigenvalue weighted by atomic mass is 32.2. The second-order valence-corrected chi connectivity index (χ2v) is 6.01. The van der Waals surface area contributed by atoms with Crippen molar-refractivity contribution in [2.24, 2.45) is 0 Å². The van der Waals surface area contributed by atoms with Gasteiger partial charge in [-0.3, -0.25) is 0 Å². The van der Waals surface area contributed by atoms with Gasteiger partial charge in [0.1, 0.15) is 6.04 Å². The van der Waals surface area contributed by atoms with Crippen LogP contribution in [0.2, 0.25) is 0 Å². The van der Waals surface area contributed by atoms with Crippen molar-refractivity contribution in [3.05, 3.63) is 0 Å². The van der Waals surface area contributed by atoms with Gasteiger partial charge in [0.05, 0.1) is 0 Å². The summed E-state index contributed by atoms with van der Waals surface area (Å²) in [6.45, 7) is 2.50. The Bertz CT molecular complexity index is 312. The van der Waals surface area contributed by atoms with Gasteiger partial charge < -0.3 is 15.3 Å². The molecule has 1 fully saturated rings. The molecule has 0 aromatic carbocycles. The Balaban J connectivity index is 2.57. The Kier molecular flexibility index (Phi) is 7.05. The highest BCUT2D eigenvalue weighted by Crippen LogP contribution is 2.17. The second-order valence-electron chi connectivity index (χ2n) is 5.03. The highest BCUT2D eigenvalue weighted by Gasteiger charge is 2.31. The molecule has 1 rings (SSSR count). The van der Waals surface area contributed by atoms with E-state index in [9.17, 15) is 14.7 Å². The number of nitrogens with one attached hydrogen (secondary N) is 1. The van der Waals surface area contributed by atoms with Crippen molar-refractivity contribution in [1.29, 1.82) is 0 Å². The van der Waals surface area contributed by atoms with Gasteiger partial charge >= 0.3 is 12.0 Å². The maximum Gasteiger partial charge on any atom is 0.326 e. The van der Waals surface area contributed by atoms with Crippen molar-refractivity contribution in [2.75, 3.05) is 18.6 Å². The number of hydrogen-bond donors (Lipinski definition) is 2. The van der Waals surface area contributed by atoms with Crippen molar-refractivity contribution >= 4 is 23.8 Å². The van der Waals surface area contributed by atoms with Gasteiger partial charge in [-0.2, -0.15) is 11.8 Å². The molecule has 0 saturated carbocycles. The third-order valence-corrected chi connectivity index (χ3v) is 4.07. The molecule has 2 atom stereocenters. The summed E-state index contributed by atoms with van der Waals surface area (Å²) < 4.78 is 0. The van der Waals surface area contributed by atoms with Crippen LogP contribution in [0.15, 0.2) is 0 Å². The number of thioether (sulfide) groups is 1. The van der Waals surface area contributed by atoms with Crippen molar-refractivity contribution in [3.63, 3.8) is 0 Å². The lowest BCUT2D eigenvalue weighted by atomic mass is 10.1. The van der Waals surface area contributed by atoms with Crippen LogP contribution in [0.5, 0.6) is 0 Å². The van der Waals surface area contributed by atoms with E-state index in [2.05, 4.69) is 5.32 Å². The normalized spacial score (nSPS) is 21.6. The minimum absolute atomic E-state index is 0.0812. The Labute approximate surface area is 119 Å². The average molecular weight is 288 g/mol. The SMILES string of the molecule is CSCCC(C)NC(=O)N1CCCCCC1C(=O)O. The summed E-state index contributed by atoms with van der Waals surface area (Å²) in [5.41, 5.74) is 0. The lowest BCUT2D eigenvalue weighted by Crippen LogP contribution is -2.51. The van der Waals surface area contributed by atoms with Crippen LogP contribution in [0.25, 0.3) is 0 Å². The molecule has 5 nitrogen and oxygen atoms in total. The first-order chi connectivity index (χ1) is 9.06. The summed E-state index contributed by atoms with van der Waals surface area (Å²) in [4.78, 5) is 24.9. The largest absolute Gasteiger partial charge is 0.480 e. The molecule has 2 amide bonds. The monoisotopic (exact) mass is 288 g/mol. The molecule has 0 aromatic heterocycles. The van der Waals surface area contributed by atoms with E-state index in [1.54, 1.807) is 11.8 Å². The predicted octanol–water partition coefficient (Wildman–Crippen LogP) is 2.17. The van der Waals surface area contributed by atoms with Crippen molar-refractivity contribution in [1.82, 2.24) is 10.2 Å². The lowest BCUT2D eigenvalue weighted by Gasteiger charge is -2.28. The van der Waals surface area contributed by atoms with Crippen LogP contribution in [0.1, 0.15) is 39.0 Å². The average Bonchev–Trinajstić information content (AvgIpc) is 2.61. The Morgan fingerprint density at radius 1 is 1.42 bits per heavy atom. The third kappa shape index (κ3) is 5.30. The molecule has 0 aliphatic carbocycles. The second kappa shape index (κ2) is 8.30. The summed E-state index contributed by atoms with van der Waals surface area (Å²) in [6.07, 6.45) is 6.25. The van der Waals surface area contributed by atoms with Gasteiger partial charge in [0, 0.05) is 12.6 Å². The molecule has 19 heavy (non-hydrogen) atoms. The molecule has 1 saturated heterocycles. The van der Waals surface area contributed by atoms with Gasteiger partial charge in [-0.05, 0) is 38.2 Å². The fourth-order valence-corrected chi connectivity index (χ4v) is 2.86. The number of urea groups is 1. The Morgan fingerprint density at radius 2 is 2.16 bits per heavy atom. The number of likely N-dealkylation sites (tertiary alicyclic amines) is 1. The summed E-state index contributed by atoms with van der Waals surface area (Å²) in [6, 6.07) is -0.823. The van der Waals surface area contributed by atoms with Gasteiger partial charge in [-0.1, -0.05) is 12.8 Å². The molecule has 0 radical (unpaired) electrons. The predicted molar refractivity (Wildman–Crippen MR) is 77.6 cm³/mol. The number of carboxylic acids is 1. The first kappa shape index (κ1) is 16.1. The van der Waals surface area contributed by atoms with Crippen molar-refractivity contribution in [2.45, 2.75) is 51.1 Å². The lowest BCUT2D eigenvalue weighted by molar-refractivity contribution is -0.142. The van der Waals surface area contributed by atoms with E-state index in [4.69, 9.17) is 0 Å². The summed E-state index contributed by atoms with van der Waals surface area (Å²) in [5, 5.41) is 12.1. The van der Waals surface area contributed by atoms with Crippen LogP contribution in [-0.4, -0.2) is 52.6 Å². The molecule has 1 heterocycles. The zero-order valence-corrected chi connectivity index (χ0v) is 12.5. The van der Waals surface area contributed by atoms with E-state index in [1.807, 2.05) is 13.2 Å². The van der Waals surface area contributed by atoms with Crippen LogP contribution in [0, 0.1) is 0 Å². The molecule has 2 unspecified atom stereocenters. The summed E-state index contributed by atoms with van der Waals surface area (Å²) >= 11 is 1.74. The first-order valence-corrected chi connectivity index (χ1v) is 8.24. The van der Waals surface area contributed by atoms with E-state index in [0.29, 0.717) is 13.0 Å². The number of carboxylic acid groups (broad SMARTS) is 1. The smallest absolute Gasteiger partial charge is 0.326 e. The number of carbonyl (C=O) groups excluding carboxylic acids is 1. The number of rotatable bonds is 5. The van der Waals surface area contributed by atoms with Crippen LogP contribution in [-0.2, 0) is 4.79 Å². The van der Waals surface area contributed by atoms with E-state index < -0.39 is 12.0 Å². The molecule has 0 aromatic rings. The van der Waals surface area contributed by atoms with Crippen LogP contribution >= 0.6 is 11.8 Å². The van der Waals surface area contributed by atoms with Crippen molar-refractivity contribution < 1.29 is 14.7 Å². The molecular weight excluding hydrogens is 264 g/mol. The fourth-order valence-electron chi connectivity index (χ4n) is 2.27. The number of hydrogen-bond acceptors (Lipinski definition) is 3. The van der Waals surface area contributed by atoms with Crippen LogP contribution in [0.4, 0.5) is 4.79 Å². The summed E-state index contributed by atoms with van der Waals surface area (Å²) in [7, 11) is 0. The summed E-state index contributed by atoms with van der Waals surface area (Å²) in [5.74, 6) is 0.0953. The molecule has 2 N–H and O–H groups in total. The molecule has 1 aliphatic heterocycles. The van der Waals surface area contributed by atoms with E-state index in [1.165, 1.54) is 4.90 Å². The van der Waals surface area contributed by atoms with Crippen molar-refractivity contribution in [3.8, 4) is 0 Å². The van der Waals surface area contributed by atoms with Gasteiger partial charge in [0.25, 0.3) is 0 Å². The Morgan fingerprint density at radius 3 is 2.79 bits per heavy atom. The number of carbonyl (C=O) groups is 2. The Hall–Kier alpha value is -0.910. The molecular formula is C13H24N2O3S. The minimum Gasteiger partial charge on any atom is -0.480 e. The number of aliphatic carboxylic acids is 1.